The summed E-state index contributed by atoms with van der Waals surface area (Å²) >= 11 is 0. The highest BCUT2D eigenvalue weighted by Crippen LogP contribution is 2.25. The third-order valence-electron chi connectivity index (χ3n) is 3.09. The van der Waals surface area contributed by atoms with E-state index in [1.165, 1.54) is 32.2 Å². The number of amides is 2. The monoisotopic (exact) mass is 381 g/mol. The molecule has 12 heteroatoms. The Balaban J connectivity index is 2.70. The van der Waals surface area contributed by atoms with Gasteiger partial charge in [0.15, 0.2) is 0 Å². The van der Waals surface area contributed by atoms with Gasteiger partial charge < -0.3 is 15.2 Å². The maximum atomic E-state index is 13.0. The van der Waals surface area contributed by atoms with Gasteiger partial charge in [-0.15, -0.1) is 4.31 Å². The van der Waals surface area contributed by atoms with Crippen molar-refractivity contribution in [1.29, 1.82) is 0 Å². The molecule has 1 aromatic heterocycles. The van der Waals surface area contributed by atoms with E-state index in [2.05, 4.69) is 19.7 Å². The number of methoxy groups -OCH3 is 2. The van der Waals surface area contributed by atoms with Crippen LogP contribution in [0.3, 0.4) is 0 Å². The van der Waals surface area contributed by atoms with E-state index in [1.54, 1.807) is 0 Å². The fourth-order valence-corrected chi connectivity index (χ4v) is 3.43. The van der Waals surface area contributed by atoms with E-state index in [0.29, 0.717) is 0 Å². The molecule has 0 aliphatic carbocycles. The molecule has 0 radical (unpaired) electrons. The Kier molecular flexibility index (Phi) is 5.35. The van der Waals surface area contributed by atoms with Crippen LogP contribution in [0.4, 0.5) is 10.7 Å². The zero-order chi connectivity index (χ0) is 19.5. The number of rotatable bonds is 5. The molecule has 0 aliphatic heterocycles. The predicted molar refractivity (Wildman–Crippen MR) is 88.1 cm³/mol. The molecule has 2 aromatic rings. The van der Waals surface area contributed by atoms with E-state index in [4.69, 9.17) is 10.5 Å². The van der Waals surface area contributed by atoms with Crippen molar-refractivity contribution >= 4 is 28.0 Å². The molecular weight excluding hydrogens is 366 g/mol. The Bertz CT molecular complexity index is 962. The molecule has 2 N–H and O–H groups in total. The number of esters is 1. The number of aryl methyl sites for hydroxylation is 1. The first-order chi connectivity index (χ1) is 12.2. The third kappa shape index (κ3) is 3.54. The number of aromatic nitrogens is 3. The molecule has 26 heavy (non-hydrogen) atoms. The van der Waals surface area contributed by atoms with Gasteiger partial charge >= 0.3 is 18.0 Å². The van der Waals surface area contributed by atoms with Gasteiger partial charge in [0.25, 0.3) is 16.0 Å². The first-order valence-electron chi connectivity index (χ1n) is 7.01. The molecular formula is C14H15N5O6S. The molecule has 0 saturated carbocycles. The van der Waals surface area contributed by atoms with Crippen molar-refractivity contribution in [1.82, 2.24) is 15.0 Å². The number of primary amides is 1. The van der Waals surface area contributed by atoms with Gasteiger partial charge in [0.05, 0.1) is 19.8 Å². The van der Waals surface area contributed by atoms with Crippen molar-refractivity contribution in [3.8, 4) is 6.01 Å². The smallest absolute Gasteiger partial charge is 0.339 e. The van der Waals surface area contributed by atoms with Crippen LogP contribution in [0.15, 0.2) is 29.2 Å². The molecule has 0 saturated heterocycles. The quantitative estimate of drug-likeness (QED) is 0.717. The summed E-state index contributed by atoms with van der Waals surface area (Å²) in [6.45, 7) is 1.45. The van der Waals surface area contributed by atoms with Gasteiger partial charge in [-0.2, -0.15) is 15.0 Å². The maximum Gasteiger partial charge on any atom is 0.339 e. The molecule has 11 nitrogen and oxygen atoms in total. The van der Waals surface area contributed by atoms with E-state index in [9.17, 15) is 18.0 Å². The van der Waals surface area contributed by atoms with Crippen LogP contribution in [-0.4, -0.2) is 49.6 Å². The van der Waals surface area contributed by atoms with E-state index >= 15 is 0 Å². The molecule has 1 aromatic carbocycles. The Morgan fingerprint density at radius 2 is 1.77 bits per heavy atom. The topological polar surface area (TPSA) is 155 Å². The summed E-state index contributed by atoms with van der Waals surface area (Å²) in [7, 11) is -2.28. The zero-order valence-electron chi connectivity index (χ0n) is 14.0. The average molecular weight is 381 g/mol. The number of anilines is 1. The van der Waals surface area contributed by atoms with E-state index in [-0.39, 0.29) is 21.7 Å². The predicted octanol–water partition coefficient (Wildman–Crippen LogP) is 0.249. The summed E-state index contributed by atoms with van der Waals surface area (Å²) in [4.78, 5) is 34.7. The number of sulfonamides is 1. The second kappa shape index (κ2) is 7.31. The first kappa shape index (κ1) is 19.1. The van der Waals surface area contributed by atoms with Gasteiger partial charge in [-0.25, -0.2) is 18.0 Å². The van der Waals surface area contributed by atoms with E-state index < -0.39 is 32.9 Å². The molecule has 0 fully saturated rings. The lowest BCUT2D eigenvalue weighted by molar-refractivity contribution is 0.0596. The molecule has 2 amide bonds. The van der Waals surface area contributed by atoms with Gasteiger partial charge in [-0.3, -0.25) is 0 Å². The van der Waals surface area contributed by atoms with Crippen LogP contribution in [0.1, 0.15) is 16.2 Å². The highest BCUT2D eigenvalue weighted by atomic mass is 32.2. The normalized spacial score (nSPS) is 10.9. The minimum absolute atomic E-state index is 0.0922. The van der Waals surface area contributed by atoms with Gasteiger partial charge in [0, 0.05) is 0 Å². The number of urea groups is 1. The lowest BCUT2D eigenvalue weighted by Gasteiger charge is -2.20. The van der Waals surface area contributed by atoms with Crippen LogP contribution >= 0.6 is 0 Å². The largest absolute Gasteiger partial charge is 0.467 e. The van der Waals surface area contributed by atoms with E-state index in [0.717, 1.165) is 13.2 Å². The standard InChI is InChI=1S/C14H15N5O6S/c1-8-16-13(18-14(17-8)25-3)19(12(15)21)26(22,23)10-7-5-4-6-9(10)11(20)24-2/h4-7H,1-3H3,(H2,15,21). The number of nitrogens with zero attached hydrogens (tertiary/aromatic N) is 4. The summed E-state index contributed by atoms with van der Waals surface area (Å²) in [6.07, 6.45) is 0. The lowest BCUT2D eigenvalue weighted by Crippen LogP contribution is -2.42. The third-order valence-corrected chi connectivity index (χ3v) is 4.83. The summed E-state index contributed by atoms with van der Waals surface area (Å²) in [5.74, 6) is -1.38. The van der Waals surface area contributed by atoms with Crippen molar-refractivity contribution in [3.05, 3.63) is 35.7 Å². The van der Waals surface area contributed by atoms with Crippen molar-refractivity contribution < 1.29 is 27.5 Å². The van der Waals surface area contributed by atoms with Gasteiger partial charge in [0.2, 0.25) is 0 Å². The van der Waals surface area contributed by atoms with Crippen LogP contribution < -0.4 is 14.8 Å². The number of ether oxygens (including phenoxy) is 2. The van der Waals surface area contributed by atoms with Gasteiger partial charge in [0.1, 0.15) is 10.7 Å². The Morgan fingerprint density at radius 1 is 1.12 bits per heavy atom. The van der Waals surface area contributed by atoms with E-state index in [1.807, 2.05) is 0 Å². The number of hydrogen-bond donors (Lipinski definition) is 1. The van der Waals surface area contributed by atoms with Crippen molar-refractivity contribution in [2.24, 2.45) is 5.73 Å². The Morgan fingerprint density at radius 3 is 2.35 bits per heavy atom. The highest BCUT2D eigenvalue weighted by molar-refractivity contribution is 7.93. The SMILES string of the molecule is COC(=O)c1ccccc1S(=O)(=O)N(C(N)=O)c1nc(C)nc(OC)n1. The lowest BCUT2D eigenvalue weighted by atomic mass is 10.2. The minimum Gasteiger partial charge on any atom is -0.467 e. The van der Waals surface area contributed by atoms with Crippen LogP contribution in [-0.2, 0) is 14.8 Å². The maximum absolute atomic E-state index is 13.0. The van der Waals surface area contributed by atoms with Crippen LogP contribution in [0.2, 0.25) is 0 Å². The second-order valence-electron chi connectivity index (χ2n) is 4.76. The highest BCUT2D eigenvalue weighted by Gasteiger charge is 2.35. The fraction of sp³-hybridized carbons (Fsp3) is 0.214. The van der Waals surface area contributed by atoms with Gasteiger partial charge in [-0.05, 0) is 19.1 Å². The van der Waals surface area contributed by atoms with Crippen molar-refractivity contribution in [3.63, 3.8) is 0 Å². The fourth-order valence-electron chi connectivity index (χ4n) is 2.02. The van der Waals surface area contributed by atoms with Crippen LogP contribution in [0.5, 0.6) is 6.01 Å². The average Bonchev–Trinajstić information content (AvgIpc) is 2.60. The van der Waals surface area contributed by atoms with Crippen LogP contribution in [0.25, 0.3) is 0 Å². The molecule has 2 rings (SSSR count). The van der Waals surface area contributed by atoms with Crippen molar-refractivity contribution in [2.75, 3.05) is 18.5 Å². The Labute approximate surface area is 148 Å². The van der Waals surface area contributed by atoms with Crippen LogP contribution in [0, 0.1) is 6.92 Å². The number of hydrogen-bond acceptors (Lipinski definition) is 9. The summed E-state index contributed by atoms with van der Waals surface area (Å²) in [5.41, 5.74) is 4.96. The molecule has 0 spiro atoms. The number of carbonyl (C=O) groups excluding carboxylic acids is 2. The molecule has 138 valence electrons. The number of benzene rings is 1. The molecule has 0 atom stereocenters. The molecule has 1 heterocycles. The second-order valence-corrected chi connectivity index (χ2v) is 6.52. The zero-order valence-corrected chi connectivity index (χ0v) is 14.8. The van der Waals surface area contributed by atoms with Gasteiger partial charge in [-0.1, -0.05) is 12.1 Å². The molecule has 0 bridgehead atoms. The minimum atomic E-state index is -4.63. The Hall–Kier alpha value is -3.28. The first-order valence-corrected chi connectivity index (χ1v) is 8.45. The summed E-state index contributed by atoms with van der Waals surface area (Å²) in [5, 5.41) is 0. The summed E-state index contributed by atoms with van der Waals surface area (Å²) < 4.78 is 35.6. The number of carbonyl (C=O) groups is 2. The number of nitrogens with two attached hydrogens (primary N) is 1. The molecule has 0 aliphatic rings. The summed E-state index contributed by atoms with van der Waals surface area (Å²) in [6, 6.07) is 3.58. The molecule has 0 unspecified atom stereocenters. The van der Waals surface area contributed by atoms with Crippen molar-refractivity contribution in [2.45, 2.75) is 11.8 Å².